The molecular formula is C21H31ClN2O. The fourth-order valence-corrected chi connectivity index (χ4v) is 4.75. The molecule has 25 heavy (non-hydrogen) atoms. The lowest BCUT2D eigenvalue weighted by Crippen LogP contribution is -2.49. The summed E-state index contributed by atoms with van der Waals surface area (Å²) >= 11 is 6.07. The first-order valence-electron chi connectivity index (χ1n) is 9.83. The van der Waals surface area contributed by atoms with Crippen molar-refractivity contribution in [2.45, 2.75) is 64.5 Å². The van der Waals surface area contributed by atoms with Crippen LogP contribution in [0.1, 0.15) is 64.0 Å². The first-order chi connectivity index (χ1) is 12.0. The first kappa shape index (κ1) is 18.7. The Kier molecular flexibility index (Phi) is 6.40. The summed E-state index contributed by atoms with van der Waals surface area (Å²) in [4.78, 5) is 15.6. The van der Waals surface area contributed by atoms with E-state index in [2.05, 4.69) is 24.1 Å². The van der Waals surface area contributed by atoms with Crippen LogP contribution < -0.4 is 5.32 Å². The van der Waals surface area contributed by atoms with Gasteiger partial charge in [0.25, 0.3) is 0 Å². The van der Waals surface area contributed by atoms with Crippen LogP contribution in [0.4, 0.5) is 0 Å². The van der Waals surface area contributed by atoms with Crippen LogP contribution in [0.5, 0.6) is 0 Å². The fourth-order valence-electron chi connectivity index (χ4n) is 4.62. The van der Waals surface area contributed by atoms with Crippen molar-refractivity contribution in [2.24, 2.45) is 11.8 Å². The van der Waals surface area contributed by atoms with E-state index in [9.17, 15) is 4.79 Å². The molecule has 1 saturated heterocycles. The number of halogens is 1. The zero-order valence-electron chi connectivity index (χ0n) is 15.5. The third-order valence-corrected chi connectivity index (χ3v) is 5.90. The Morgan fingerprint density at radius 2 is 1.68 bits per heavy atom. The number of likely N-dealkylation sites (tertiary alicyclic amines) is 1. The molecule has 1 amide bonds. The summed E-state index contributed by atoms with van der Waals surface area (Å²) in [6.07, 6.45) is 7.24. The lowest BCUT2D eigenvalue weighted by Gasteiger charge is -2.40. The quantitative estimate of drug-likeness (QED) is 0.833. The van der Waals surface area contributed by atoms with Gasteiger partial charge < -0.3 is 5.32 Å². The van der Waals surface area contributed by atoms with Crippen molar-refractivity contribution < 1.29 is 4.79 Å². The molecule has 2 aliphatic rings. The maximum atomic E-state index is 13.2. The molecule has 138 valence electrons. The van der Waals surface area contributed by atoms with Crippen molar-refractivity contribution >= 4 is 17.5 Å². The Balaban J connectivity index is 1.80. The van der Waals surface area contributed by atoms with Crippen LogP contribution in [-0.4, -0.2) is 29.9 Å². The maximum Gasteiger partial charge on any atom is 0.242 e. The average molecular weight is 363 g/mol. The van der Waals surface area contributed by atoms with Gasteiger partial charge in [-0.05, 0) is 48.8 Å². The van der Waals surface area contributed by atoms with Gasteiger partial charge in [0.05, 0.1) is 0 Å². The van der Waals surface area contributed by atoms with E-state index >= 15 is 0 Å². The van der Waals surface area contributed by atoms with Crippen LogP contribution in [0.3, 0.4) is 0 Å². The molecule has 1 aliphatic heterocycles. The molecule has 2 fully saturated rings. The van der Waals surface area contributed by atoms with Gasteiger partial charge in [-0.3, -0.25) is 9.69 Å². The topological polar surface area (TPSA) is 32.3 Å². The molecule has 1 heterocycles. The summed E-state index contributed by atoms with van der Waals surface area (Å²) in [5, 5.41) is 4.06. The molecule has 0 unspecified atom stereocenters. The molecule has 1 aromatic rings. The SMILES string of the molecule is C[C@@H]1C[C@@H](C)CN([C@@H](C(=O)NC2CCCCC2)c2ccc(Cl)cc2)C1. The second-order valence-electron chi connectivity index (χ2n) is 8.20. The number of nitrogens with one attached hydrogen (secondary N) is 1. The predicted molar refractivity (Wildman–Crippen MR) is 104 cm³/mol. The van der Waals surface area contributed by atoms with Crippen LogP contribution in [0.2, 0.25) is 5.02 Å². The molecule has 1 aliphatic carbocycles. The molecule has 1 aromatic carbocycles. The van der Waals surface area contributed by atoms with E-state index in [1.165, 1.54) is 25.7 Å². The zero-order valence-corrected chi connectivity index (χ0v) is 16.3. The first-order valence-corrected chi connectivity index (χ1v) is 10.2. The van der Waals surface area contributed by atoms with Crippen molar-refractivity contribution in [3.8, 4) is 0 Å². The smallest absolute Gasteiger partial charge is 0.242 e. The van der Waals surface area contributed by atoms with Gasteiger partial charge in [-0.15, -0.1) is 0 Å². The monoisotopic (exact) mass is 362 g/mol. The number of amides is 1. The molecule has 0 spiro atoms. The van der Waals surface area contributed by atoms with Crippen molar-refractivity contribution in [1.82, 2.24) is 10.2 Å². The Morgan fingerprint density at radius 3 is 2.28 bits per heavy atom. The standard InChI is InChI=1S/C21H31ClN2O/c1-15-12-16(2)14-24(13-15)20(17-8-10-18(22)11-9-17)21(25)23-19-6-4-3-5-7-19/h8-11,15-16,19-20H,3-7,12-14H2,1-2H3,(H,23,25)/t15-,16-,20-/m1/s1. The number of hydrogen-bond acceptors (Lipinski definition) is 2. The third-order valence-electron chi connectivity index (χ3n) is 5.65. The molecule has 0 radical (unpaired) electrons. The van der Waals surface area contributed by atoms with E-state index in [0.29, 0.717) is 17.9 Å². The second kappa shape index (κ2) is 8.55. The second-order valence-corrected chi connectivity index (χ2v) is 8.63. The summed E-state index contributed by atoms with van der Waals surface area (Å²) in [6, 6.07) is 7.96. The Morgan fingerprint density at radius 1 is 1.08 bits per heavy atom. The van der Waals surface area contributed by atoms with E-state index in [1.54, 1.807) is 0 Å². The Hall–Kier alpha value is -1.06. The minimum Gasteiger partial charge on any atom is -0.352 e. The lowest BCUT2D eigenvalue weighted by atomic mass is 9.89. The van der Waals surface area contributed by atoms with E-state index < -0.39 is 0 Å². The van der Waals surface area contributed by atoms with Gasteiger partial charge in [0.1, 0.15) is 6.04 Å². The van der Waals surface area contributed by atoms with Gasteiger partial charge in [0.2, 0.25) is 5.91 Å². The van der Waals surface area contributed by atoms with Crippen molar-refractivity contribution in [2.75, 3.05) is 13.1 Å². The summed E-state index contributed by atoms with van der Waals surface area (Å²) in [6.45, 7) is 6.55. The Bertz CT molecular complexity index is 558. The number of carbonyl (C=O) groups excluding carboxylic acids is 1. The molecule has 0 bridgehead atoms. The highest BCUT2D eigenvalue weighted by Crippen LogP contribution is 2.31. The van der Waals surface area contributed by atoms with Crippen LogP contribution in [0, 0.1) is 11.8 Å². The van der Waals surface area contributed by atoms with Gasteiger partial charge in [0.15, 0.2) is 0 Å². The molecule has 1 saturated carbocycles. The molecule has 0 aromatic heterocycles. The fraction of sp³-hybridized carbons (Fsp3) is 0.667. The molecule has 3 nitrogen and oxygen atoms in total. The van der Waals surface area contributed by atoms with Crippen LogP contribution >= 0.6 is 11.6 Å². The summed E-state index contributed by atoms with van der Waals surface area (Å²) in [5.74, 6) is 1.41. The number of nitrogens with zero attached hydrogens (tertiary/aromatic N) is 1. The van der Waals surface area contributed by atoms with Gasteiger partial charge in [-0.1, -0.05) is 56.8 Å². The summed E-state index contributed by atoms with van der Waals surface area (Å²) < 4.78 is 0. The predicted octanol–water partition coefficient (Wildman–Crippen LogP) is 4.81. The summed E-state index contributed by atoms with van der Waals surface area (Å²) in [7, 11) is 0. The number of benzene rings is 1. The maximum absolute atomic E-state index is 13.2. The highest BCUT2D eigenvalue weighted by atomic mass is 35.5. The van der Waals surface area contributed by atoms with Crippen LogP contribution in [-0.2, 0) is 4.79 Å². The van der Waals surface area contributed by atoms with Crippen LogP contribution in [0.15, 0.2) is 24.3 Å². The number of hydrogen-bond donors (Lipinski definition) is 1. The lowest BCUT2D eigenvalue weighted by molar-refractivity contribution is -0.128. The van der Waals surface area contributed by atoms with Crippen molar-refractivity contribution in [3.63, 3.8) is 0 Å². The molecule has 1 N–H and O–H groups in total. The normalized spacial score (nSPS) is 27.0. The highest BCUT2D eigenvalue weighted by Gasteiger charge is 2.33. The van der Waals surface area contributed by atoms with E-state index in [1.807, 2.05) is 24.3 Å². The average Bonchev–Trinajstić information content (AvgIpc) is 2.57. The summed E-state index contributed by atoms with van der Waals surface area (Å²) in [5.41, 5.74) is 1.05. The molecule has 3 rings (SSSR count). The largest absolute Gasteiger partial charge is 0.352 e. The van der Waals surface area contributed by atoms with E-state index in [4.69, 9.17) is 11.6 Å². The molecule has 4 heteroatoms. The van der Waals surface area contributed by atoms with Crippen molar-refractivity contribution in [3.05, 3.63) is 34.9 Å². The number of rotatable bonds is 4. The van der Waals surface area contributed by atoms with E-state index in [-0.39, 0.29) is 11.9 Å². The minimum absolute atomic E-state index is 0.163. The van der Waals surface area contributed by atoms with Crippen LogP contribution in [0.25, 0.3) is 0 Å². The van der Waals surface area contributed by atoms with Gasteiger partial charge in [-0.2, -0.15) is 0 Å². The third kappa shape index (κ3) is 4.98. The zero-order chi connectivity index (χ0) is 17.8. The number of piperidine rings is 1. The van der Waals surface area contributed by atoms with Gasteiger partial charge >= 0.3 is 0 Å². The Labute approximate surface area is 157 Å². The minimum atomic E-state index is -0.204. The van der Waals surface area contributed by atoms with E-state index in [0.717, 1.165) is 36.5 Å². The van der Waals surface area contributed by atoms with Gasteiger partial charge in [-0.25, -0.2) is 0 Å². The highest BCUT2D eigenvalue weighted by molar-refractivity contribution is 6.30. The van der Waals surface area contributed by atoms with Gasteiger partial charge in [0, 0.05) is 24.2 Å². The van der Waals surface area contributed by atoms with Crippen molar-refractivity contribution in [1.29, 1.82) is 0 Å². The molecule has 3 atom stereocenters. The number of carbonyl (C=O) groups is 1. The molecular weight excluding hydrogens is 332 g/mol.